The van der Waals surface area contributed by atoms with Crippen molar-refractivity contribution in [3.63, 3.8) is 0 Å². The van der Waals surface area contributed by atoms with Crippen LogP contribution < -0.4 is 14.4 Å². The minimum atomic E-state index is -3.67. The molecule has 0 bridgehead atoms. The summed E-state index contributed by atoms with van der Waals surface area (Å²) in [6.07, 6.45) is 1.08. The molecule has 1 N–H and O–H groups in total. The van der Waals surface area contributed by atoms with E-state index in [1.54, 1.807) is 24.3 Å². The standard InChI is InChI=1S/C21H28N2O4S/c1-6-27-20-10-8-7-9-19(20)23(28(5,25)26)14-21(24)22-17(4)18-12-11-15(2)16(3)13-18/h7-13,17H,6,14H2,1-5H3,(H,22,24). The van der Waals surface area contributed by atoms with Crippen LogP contribution >= 0.6 is 0 Å². The number of para-hydroxylation sites is 2. The van der Waals surface area contributed by atoms with Gasteiger partial charge in [-0.2, -0.15) is 0 Å². The van der Waals surface area contributed by atoms with E-state index in [0.29, 0.717) is 18.0 Å². The van der Waals surface area contributed by atoms with E-state index in [2.05, 4.69) is 5.32 Å². The normalized spacial score (nSPS) is 12.3. The van der Waals surface area contributed by atoms with Crippen molar-refractivity contribution < 1.29 is 17.9 Å². The Hall–Kier alpha value is -2.54. The second kappa shape index (κ2) is 9.10. The van der Waals surface area contributed by atoms with E-state index in [1.807, 2.05) is 45.9 Å². The van der Waals surface area contributed by atoms with Crippen LogP contribution in [0.5, 0.6) is 5.75 Å². The molecule has 0 aliphatic carbocycles. The van der Waals surface area contributed by atoms with Crippen molar-refractivity contribution in [2.45, 2.75) is 33.7 Å². The number of nitrogens with one attached hydrogen (secondary N) is 1. The SMILES string of the molecule is CCOc1ccccc1N(CC(=O)NC(C)c1ccc(C)c(C)c1)S(C)(=O)=O. The molecule has 0 aliphatic rings. The fourth-order valence-corrected chi connectivity index (χ4v) is 3.72. The summed E-state index contributed by atoms with van der Waals surface area (Å²) in [4.78, 5) is 12.6. The Balaban J connectivity index is 2.21. The highest BCUT2D eigenvalue weighted by Crippen LogP contribution is 2.29. The molecule has 0 radical (unpaired) electrons. The molecule has 2 aromatic rings. The Labute approximate surface area is 167 Å². The van der Waals surface area contributed by atoms with E-state index in [4.69, 9.17) is 4.74 Å². The Morgan fingerprint density at radius 3 is 2.43 bits per heavy atom. The number of rotatable bonds is 8. The maximum absolute atomic E-state index is 12.6. The van der Waals surface area contributed by atoms with Gasteiger partial charge in [0.1, 0.15) is 12.3 Å². The Morgan fingerprint density at radius 2 is 1.82 bits per heavy atom. The van der Waals surface area contributed by atoms with Crippen LogP contribution in [0.15, 0.2) is 42.5 Å². The number of aryl methyl sites for hydroxylation is 2. The van der Waals surface area contributed by atoms with Gasteiger partial charge >= 0.3 is 0 Å². The molecule has 7 heteroatoms. The van der Waals surface area contributed by atoms with Crippen molar-refractivity contribution in [3.8, 4) is 5.75 Å². The summed E-state index contributed by atoms with van der Waals surface area (Å²) >= 11 is 0. The van der Waals surface area contributed by atoms with Crippen LogP contribution in [-0.2, 0) is 14.8 Å². The van der Waals surface area contributed by atoms with E-state index in [0.717, 1.165) is 21.7 Å². The molecule has 1 atom stereocenters. The van der Waals surface area contributed by atoms with Gasteiger partial charge < -0.3 is 10.1 Å². The van der Waals surface area contributed by atoms with Crippen molar-refractivity contribution in [3.05, 3.63) is 59.2 Å². The van der Waals surface area contributed by atoms with Gasteiger partial charge in [0.15, 0.2) is 0 Å². The van der Waals surface area contributed by atoms with Gasteiger partial charge in [0, 0.05) is 0 Å². The molecular formula is C21H28N2O4S. The fraction of sp³-hybridized carbons (Fsp3) is 0.381. The zero-order valence-electron chi connectivity index (χ0n) is 17.0. The second-order valence-corrected chi connectivity index (χ2v) is 8.71. The summed E-state index contributed by atoms with van der Waals surface area (Å²) in [7, 11) is -3.67. The van der Waals surface area contributed by atoms with E-state index < -0.39 is 10.0 Å². The summed E-state index contributed by atoms with van der Waals surface area (Å²) in [6, 6.07) is 12.6. The summed E-state index contributed by atoms with van der Waals surface area (Å²) in [5, 5.41) is 2.88. The number of carbonyl (C=O) groups excluding carboxylic acids is 1. The monoisotopic (exact) mass is 404 g/mol. The molecule has 2 rings (SSSR count). The number of carbonyl (C=O) groups is 1. The summed E-state index contributed by atoms with van der Waals surface area (Å²) in [5.41, 5.74) is 3.64. The summed E-state index contributed by atoms with van der Waals surface area (Å²) < 4.78 is 31.3. The molecule has 1 amide bonds. The van der Waals surface area contributed by atoms with Crippen molar-refractivity contribution in [1.29, 1.82) is 0 Å². The highest BCUT2D eigenvalue weighted by atomic mass is 32.2. The van der Waals surface area contributed by atoms with Crippen molar-refractivity contribution in [2.75, 3.05) is 23.7 Å². The molecule has 0 saturated heterocycles. The first kappa shape index (κ1) is 21.8. The third kappa shape index (κ3) is 5.48. The Bertz CT molecular complexity index is 941. The number of amides is 1. The van der Waals surface area contributed by atoms with Crippen molar-refractivity contribution >= 4 is 21.6 Å². The molecule has 0 saturated carbocycles. The van der Waals surface area contributed by atoms with Gasteiger partial charge in [0.05, 0.1) is 24.6 Å². The molecule has 0 spiro atoms. The van der Waals surface area contributed by atoms with Gasteiger partial charge in [0.2, 0.25) is 15.9 Å². The number of ether oxygens (including phenoxy) is 1. The average Bonchev–Trinajstić information content (AvgIpc) is 2.62. The molecule has 6 nitrogen and oxygen atoms in total. The molecule has 0 fully saturated rings. The van der Waals surface area contributed by atoms with E-state index in [9.17, 15) is 13.2 Å². The number of benzene rings is 2. The van der Waals surface area contributed by atoms with Crippen molar-refractivity contribution in [2.24, 2.45) is 0 Å². The van der Waals surface area contributed by atoms with Crippen LogP contribution in [0, 0.1) is 13.8 Å². The minimum Gasteiger partial charge on any atom is -0.492 e. The van der Waals surface area contributed by atoms with Gasteiger partial charge in [0.25, 0.3) is 0 Å². The lowest BCUT2D eigenvalue weighted by Gasteiger charge is -2.25. The summed E-state index contributed by atoms with van der Waals surface area (Å²) in [5.74, 6) is 0.0351. The zero-order valence-corrected chi connectivity index (χ0v) is 17.8. The smallest absolute Gasteiger partial charge is 0.241 e. The number of sulfonamides is 1. The lowest BCUT2D eigenvalue weighted by Crippen LogP contribution is -2.41. The molecule has 1 unspecified atom stereocenters. The number of hydrogen-bond donors (Lipinski definition) is 1. The molecule has 2 aromatic carbocycles. The maximum Gasteiger partial charge on any atom is 0.241 e. The average molecular weight is 405 g/mol. The largest absolute Gasteiger partial charge is 0.492 e. The highest BCUT2D eigenvalue weighted by molar-refractivity contribution is 7.92. The van der Waals surface area contributed by atoms with Gasteiger partial charge in [-0.15, -0.1) is 0 Å². The quantitative estimate of drug-likeness (QED) is 0.732. The first-order valence-electron chi connectivity index (χ1n) is 9.19. The summed E-state index contributed by atoms with van der Waals surface area (Å²) in [6.45, 7) is 7.81. The van der Waals surface area contributed by atoms with E-state index in [-0.39, 0.29) is 18.5 Å². The Kier molecular flexibility index (Phi) is 7.07. The lowest BCUT2D eigenvalue weighted by atomic mass is 10.0. The fourth-order valence-electron chi connectivity index (χ4n) is 2.86. The molecule has 0 aromatic heterocycles. The van der Waals surface area contributed by atoms with Crippen LogP contribution in [0.1, 0.15) is 36.6 Å². The molecular weight excluding hydrogens is 376 g/mol. The van der Waals surface area contributed by atoms with Gasteiger partial charge in [-0.1, -0.05) is 30.3 Å². The lowest BCUT2D eigenvalue weighted by molar-refractivity contribution is -0.120. The predicted molar refractivity (Wildman–Crippen MR) is 112 cm³/mol. The van der Waals surface area contributed by atoms with Gasteiger partial charge in [-0.05, 0) is 56.5 Å². The van der Waals surface area contributed by atoms with Crippen LogP contribution in [-0.4, -0.2) is 33.7 Å². The third-order valence-electron chi connectivity index (χ3n) is 4.53. The van der Waals surface area contributed by atoms with Crippen molar-refractivity contribution in [1.82, 2.24) is 5.32 Å². The second-order valence-electron chi connectivity index (χ2n) is 6.80. The number of nitrogens with zero attached hydrogens (tertiary/aromatic N) is 1. The number of hydrogen-bond acceptors (Lipinski definition) is 4. The van der Waals surface area contributed by atoms with Crippen LogP contribution in [0.3, 0.4) is 0 Å². The van der Waals surface area contributed by atoms with E-state index >= 15 is 0 Å². The first-order valence-corrected chi connectivity index (χ1v) is 11.0. The van der Waals surface area contributed by atoms with Gasteiger partial charge in [-0.3, -0.25) is 9.10 Å². The predicted octanol–water partition coefficient (Wildman–Crippen LogP) is 3.35. The number of anilines is 1. The Morgan fingerprint density at radius 1 is 1.14 bits per heavy atom. The maximum atomic E-state index is 12.6. The zero-order chi connectivity index (χ0) is 20.9. The third-order valence-corrected chi connectivity index (χ3v) is 5.66. The molecule has 152 valence electrons. The van der Waals surface area contributed by atoms with Crippen LogP contribution in [0.2, 0.25) is 0 Å². The van der Waals surface area contributed by atoms with Gasteiger partial charge in [-0.25, -0.2) is 8.42 Å². The molecule has 28 heavy (non-hydrogen) atoms. The minimum absolute atomic E-state index is 0.240. The van der Waals surface area contributed by atoms with E-state index in [1.165, 1.54) is 5.56 Å². The highest BCUT2D eigenvalue weighted by Gasteiger charge is 2.24. The molecule has 0 aliphatic heterocycles. The first-order chi connectivity index (χ1) is 13.1. The van der Waals surface area contributed by atoms with Crippen LogP contribution in [0.4, 0.5) is 5.69 Å². The van der Waals surface area contributed by atoms with Crippen LogP contribution in [0.25, 0.3) is 0 Å². The topological polar surface area (TPSA) is 75.7 Å². The molecule has 0 heterocycles.